The molecule has 2 aromatic rings. The molecule has 1 aliphatic rings. The first-order chi connectivity index (χ1) is 7.75. The molecule has 3 rings (SSSR count). The van der Waals surface area contributed by atoms with Crippen molar-refractivity contribution < 1.29 is 9.47 Å². The maximum absolute atomic E-state index is 7.46. The van der Waals surface area contributed by atoms with Gasteiger partial charge in [0.15, 0.2) is 11.5 Å². The topological polar surface area (TPSA) is 81.2 Å². The maximum Gasteiger partial charge on any atom is 0.231 e. The van der Waals surface area contributed by atoms with E-state index >= 15 is 0 Å². The molecule has 80 valence electrons. The van der Waals surface area contributed by atoms with E-state index in [-0.39, 0.29) is 12.6 Å². The molecule has 5 heteroatoms. The number of ether oxygens (including phenoxy) is 2. The Morgan fingerprint density at radius 2 is 2.06 bits per heavy atom. The molecule has 0 amide bonds. The predicted octanol–water partition coefficient (Wildman–Crippen LogP) is 1.25. The monoisotopic (exact) mass is 215 g/mol. The lowest BCUT2D eigenvalue weighted by molar-refractivity contribution is 0.174. The van der Waals surface area contributed by atoms with Gasteiger partial charge in [0.05, 0.1) is 0 Å². The Labute approximate surface area is 91.3 Å². The third kappa shape index (κ3) is 1.18. The quantitative estimate of drug-likeness (QED) is 0.554. The number of aromatic nitrogens is 1. The summed E-state index contributed by atoms with van der Waals surface area (Å²) in [6, 6.07) is 5.52. The summed E-state index contributed by atoms with van der Waals surface area (Å²) in [4.78, 5) is 4.09. The van der Waals surface area contributed by atoms with Crippen LogP contribution < -0.4 is 15.2 Å². The van der Waals surface area contributed by atoms with Crippen LogP contribution in [0.4, 0.5) is 0 Å². The summed E-state index contributed by atoms with van der Waals surface area (Å²) in [5, 5.41) is 9.20. The van der Waals surface area contributed by atoms with Gasteiger partial charge < -0.3 is 15.2 Å². The number of nitrogens with zero attached hydrogens (tertiary/aromatic N) is 1. The number of hydrogen-bond donors (Lipinski definition) is 2. The lowest BCUT2D eigenvalue weighted by Crippen LogP contribution is -2.13. The van der Waals surface area contributed by atoms with E-state index in [1.165, 1.54) is 0 Å². The van der Waals surface area contributed by atoms with Gasteiger partial charge in [-0.05, 0) is 23.6 Å². The second kappa shape index (κ2) is 3.10. The van der Waals surface area contributed by atoms with Crippen LogP contribution in [-0.2, 0) is 0 Å². The fraction of sp³-hybridized carbons (Fsp3) is 0.0909. The molecule has 0 radical (unpaired) electrons. The molecule has 0 aliphatic carbocycles. The van der Waals surface area contributed by atoms with Gasteiger partial charge >= 0.3 is 0 Å². The summed E-state index contributed by atoms with van der Waals surface area (Å²) in [7, 11) is 0. The number of nitrogens with one attached hydrogen (secondary N) is 1. The van der Waals surface area contributed by atoms with Crippen molar-refractivity contribution in [2.45, 2.75) is 0 Å². The molecule has 1 aliphatic heterocycles. The van der Waals surface area contributed by atoms with Crippen LogP contribution in [0.3, 0.4) is 0 Å². The molecule has 0 spiro atoms. The van der Waals surface area contributed by atoms with Crippen LogP contribution in [0.15, 0.2) is 24.4 Å². The highest BCUT2D eigenvalue weighted by molar-refractivity contribution is 6.06. The van der Waals surface area contributed by atoms with Crippen LogP contribution in [0.2, 0.25) is 0 Å². The summed E-state index contributed by atoms with van der Waals surface area (Å²) >= 11 is 0. The SMILES string of the molecule is N=C(N)c1nccc2cc3c(cc12)OCO3. The Bertz CT molecular complexity index is 595. The highest BCUT2D eigenvalue weighted by Gasteiger charge is 2.16. The first-order valence-electron chi connectivity index (χ1n) is 4.78. The van der Waals surface area contributed by atoms with Crippen LogP contribution in [0.5, 0.6) is 11.5 Å². The van der Waals surface area contributed by atoms with Crippen molar-refractivity contribution in [2.24, 2.45) is 5.73 Å². The van der Waals surface area contributed by atoms with Crippen molar-refractivity contribution in [3.63, 3.8) is 0 Å². The molecule has 0 atom stereocenters. The van der Waals surface area contributed by atoms with E-state index in [1.807, 2.05) is 12.1 Å². The van der Waals surface area contributed by atoms with Crippen LogP contribution in [0.1, 0.15) is 5.69 Å². The lowest BCUT2D eigenvalue weighted by atomic mass is 10.1. The molecule has 1 aromatic carbocycles. The molecule has 0 saturated carbocycles. The van der Waals surface area contributed by atoms with Crippen molar-refractivity contribution in [1.82, 2.24) is 4.98 Å². The van der Waals surface area contributed by atoms with Gasteiger partial charge in [-0.2, -0.15) is 0 Å². The highest BCUT2D eigenvalue weighted by atomic mass is 16.7. The minimum atomic E-state index is -0.0514. The molecular formula is C11H9N3O2. The fourth-order valence-electron chi connectivity index (χ4n) is 1.78. The Morgan fingerprint density at radius 3 is 2.81 bits per heavy atom. The Balaban J connectivity index is 2.35. The molecule has 0 bridgehead atoms. The number of amidine groups is 1. The van der Waals surface area contributed by atoms with E-state index < -0.39 is 0 Å². The number of hydrogen-bond acceptors (Lipinski definition) is 4. The lowest BCUT2D eigenvalue weighted by Gasteiger charge is -2.04. The smallest absolute Gasteiger partial charge is 0.231 e. The number of nitrogens with two attached hydrogens (primary N) is 1. The average Bonchev–Trinajstić information content (AvgIpc) is 2.71. The minimum Gasteiger partial charge on any atom is -0.454 e. The normalized spacial score (nSPS) is 13.0. The van der Waals surface area contributed by atoms with E-state index in [9.17, 15) is 0 Å². The summed E-state index contributed by atoms with van der Waals surface area (Å²) in [5.74, 6) is 1.33. The molecule has 0 fully saturated rings. The van der Waals surface area contributed by atoms with E-state index in [4.69, 9.17) is 20.6 Å². The zero-order chi connectivity index (χ0) is 11.1. The van der Waals surface area contributed by atoms with Crippen molar-refractivity contribution in [2.75, 3.05) is 6.79 Å². The van der Waals surface area contributed by atoms with Gasteiger partial charge in [-0.3, -0.25) is 10.4 Å². The summed E-state index contributed by atoms with van der Waals surface area (Å²) in [6.07, 6.45) is 1.63. The molecule has 5 nitrogen and oxygen atoms in total. The van der Waals surface area contributed by atoms with Crippen molar-refractivity contribution in [3.05, 3.63) is 30.1 Å². The predicted molar refractivity (Wildman–Crippen MR) is 58.9 cm³/mol. The molecular weight excluding hydrogens is 206 g/mol. The van der Waals surface area contributed by atoms with Crippen molar-refractivity contribution in [1.29, 1.82) is 5.41 Å². The van der Waals surface area contributed by atoms with Gasteiger partial charge in [0.2, 0.25) is 6.79 Å². The van der Waals surface area contributed by atoms with Gasteiger partial charge in [-0.15, -0.1) is 0 Å². The second-order valence-corrected chi connectivity index (χ2v) is 3.50. The summed E-state index contributed by atoms with van der Waals surface area (Å²) in [6.45, 7) is 0.231. The molecule has 16 heavy (non-hydrogen) atoms. The zero-order valence-corrected chi connectivity index (χ0v) is 8.36. The van der Waals surface area contributed by atoms with E-state index in [0.29, 0.717) is 17.2 Å². The number of nitrogen functional groups attached to an aromatic ring is 1. The second-order valence-electron chi connectivity index (χ2n) is 3.50. The van der Waals surface area contributed by atoms with E-state index in [0.717, 1.165) is 10.8 Å². The Morgan fingerprint density at radius 1 is 1.31 bits per heavy atom. The van der Waals surface area contributed by atoms with Crippen molar-refractivity contribution in [3.8, 4) is 11.5 Å². The van der Waals surface area contributed by atoms with E-state index in [1.54, 1.807) is 12.3 Å². The van der Waals surface area contributed by atoms with Gasteiger partial charge in [-0.1, -0.05) is 0 Å². The number of fused-ring (bicyclic) bond motifs is 2. The molecule has 2 heterocycles. The van der Waals surface area contributed by atoms with Gasteiger partial charge in [0, 0.05) is 11.6 Å². The molecule has 1 aromatic heterocycles. The number of pyridine rings is 1. The molecule has 3 N–H and O–H groups in total. The maximum atomic E-state index is 7.46. The summed E-state index contributed by atoms with van der Waals surface area (Å²) < 4.78 is 10.6. The third-order valence-corrected chi connectivity index (χ3v) is 2.51. The third-order valence-electron chi connectivity index (χ3n) is 2.51. The number of benzene rings is 1. The largest absolute Gasteiger partial charge is 0.454 e. The summed E-state index contributed by atoms with van der Waals surface area (Å²) in [5.41, 5.74) is 5.94. The van der Waals surface area contributed by atoms with Crippen molar-refractivity contribution >= 4 is 16.6 Å². The standard InChI is InChI=1S/C11H9N3O2/c12-11(13)10-7-4-9-8(15-5-16-9)3-6(7)1-2-14-10/h1-4H,5H2,(H3,12,13). The number of rotatable bonds is 1. The van der Waals surface area contributed by atoms with Gasteiger partial charge in [-0.25, -0.2) is 0 Å². The first kappa shape index (κ1) is 8.96. The van der Waals surface area contributed by atoms with Crippen LogP contribution >= 0.6 is 0 Å². The molecule has 0 saturated heterocycles. The van der Waals surface area contributed by atoms with E-state index in [2.05, 4.69) is 4.98 Å². The Kier molecular flexibility index (Phi) is 1.73. The minimum absolute atomic E-state index is 0.0514. The van der Waals surface area contributed by atoms with Crippen LogP contribution in [-0.4, -0.2) is 17.6 Å². The van der Waals surface area contributed by atoms with Gasteiger partial charge in [0.25, 0.3) is 0 Å². The Hall–Kier alpha value is -2.30. The van der Waals surface area contributed by atoms with Crippen LogP contribution in [0.25, 0.3) is 10.8 Å². The van der Waals surface area contributed by atoms with Crippen LogP contribution in [0, 0.1) is 5.41 Å². The molecule has 0 unspecified atom stereocenters. The highest BCUT2D eigenvalue weighted by Crippen LogP contribution is 2.36. The first-order valence-corrected chi connectivity index (χ1v) is 4.78. The average molecular weight is 215 g/mol. The fourth-order valence-corrected chi connectivity index (χ4v) is 1.78. The van der Waals surface area contributed by atoms with Gasteiger partial charge in [0.1, 0.15) is 11.5 Å². The zero-order valence-electron chi connectivity index (χ0n) is 8.36.